The first-order valence-electron chi connectivity index (χ1n) is 6.79. The molecule has 0 unspecified atom stereocenters. The molecular weight excluding hydrogens is 345 g/mol. The van der Waals surface area contributed by atoms with Crippen LogP contribution < -0.4 is 5.43 Å². The summed E-state index contributed by atoms with van der Waals surface area (Å²) in [5.74, 6) is 0. The standard InChI is InChI=1S/C15H15F3N2O3S/c1-8-5-9(2)12(24(4,22)23)6-10(8)14-11(21)7-13(15(16,17)18)20(3)19-14/h5-7H,1-4H3. The van der Waals surface area contributed by atoms with Crippen LogP contribution in [0.25, 0.3) is 11.3 Å². The minimum Gasteiger partial charge on any atom is -0.287 e. The van der Waals surface area contributed by atoms with E-state index < -0.39 is 27.1 Å². The van der Waals surface area contributed by atoms with E-state index >= 15 is 0 Å². The summed E-state index contributed by atoms with van der Waals surface area (Å²) in [4.78, 5) is 12.1. The Morgan fingerprint density at radius 1 is 1.08 bits per heavy atom. The third-order valence-corrected chi connectivity index (χ3v) is 4.81. The van der Waals surface area contributed by atoms with Gasteiger partial charge in [0.05, 0.1) is 4.90 Å². The fourth-order valence-corrected chi connectivity index (χ4v) is 3.45. The molecule has 0 fully saturated rings. The summed E-state index contributed by atoms with van der Waals surface area (Å²) in [6.45, 7) is 3.23. The van der Waals surface area contributed by atoms with Gasteiger partial charge in [0.1, 0.15) is 11.4 Å². The Kier molecular flexibility index (Phi) is 4.34. The largest absolute Gasteiger partial charge is 0.433 e. The van der Waals surface area contributed by atoms with Gasteiger partial charge in [-0.2, -0.15) is 18.3 Å². The van der Waals surface area contributed by atoms with Crippen molar-refractivity contribution in [2.24, 2.45) is 7.05 Å². The lowest BCUT2D eigenvalue weighted by Crippen LogP contribution is -2.23. The Morgan fingerprint density at radius 3 is 2.17 bits per heavy atom. The first kappa shape index (κ1) is 18.2. The van der Waals surface area contributed by atoms with E-state index in [1.54, 1.807) is 19.9 Å². The Labute approximate surface area is 136 Å². The van der Waals surface area contributed by atoms with Crippen LogP contribution in [0.4, 0.5) is 13.2 Å². The molecule has 130 valence electrons. The van der Waals surface area contributed by atoms with Gasteiger partial charge < -0.3 is 0 Å². The molecule has 0 atom stereocenters. The average Bonchev–Trinajstić information content (AvgIpc) is 2.38. The molecule has 0 saturated heterocycles. The van der Waals surface area contributed by atoms with Gasteiger partial charge in [-0.15, -0.1) is 0 Å². The normalized spacial score (nSPS) is 12.5. The highest BCUT2D eigenvalue weighted by molar-refractivity contribution is 7.90. The monoisotopic (exact) mass is 360 g/mol. The van der Waals surface area contributed by atoms with Crippen LogP contribution in [-0.4, -0.2) is 24.5 Å². The van der Waals surface area contributed by atoms with Crippen LogP contribution in [-0.2, 0) is 23.1 Å². The molecule has 2 aromatic rings. The van der Waals surface area contributed by atoms with Crippen molar-refractivity contribution in [1.82, 2.24) is 9.78 Å². The average molecular weight is 360 g/mol. The molecule has 0 aliphatic heterocycles. The van der Waals surface area contributed by atoms with E-state index in [0.717, 1.165) is 13.3 Å². The summed E-state index contributed by atoms with van der Waals surface area (Å²) in [5, 5.41) is 3.71. The first-order chi connectivity index (χ1) is 10.8. The summed E-state index contributed by atoms with van der Waals surface area (Å²) in [5.41, 5.74) is -1.11. The smallest absolute Gasteiger partial charge is 0.287 e. The van der Waals surface area contributed by atoms with E-state index in [1.165, 1.54) is 6.07 Å². The lowest BCUT2D eigenvalue weighted by atomic mass is 10.0. The van der Waals surface area contributed by atoms with E-state index in [1.807, 2.05) is 0 Å². The van der Waals surface area contributed by atoms with Crippen molar-refractivity contribution in [2.75, 3.05) is 6.26 Å². The van der Waals surface area contributed by atoms with Gasteiger partial charge in [-0.25, -0.2) is 8.42 Å². The van der Waals surface area contributed by atoms with Crippen LogP contribution in [0.15, 0.2) is 27.9 Å². The first-order valence-corrected chi connectivity index (χ1v) is 8.68. The van der Waals surface area contributed by atoms with Crippen molar-refractivity contribution in [2.45, 2.75) is 24.9 Å². The maximum Gasteiger partial charge on any atom is 0.433 e. The van der Waals surface area contributed by atoms with Crippen molar-refractivity contribution in [3.05, 3.63) is 45.2 Å². The number of alkyl halides is 3. The Morgan fingerprint density at radius 2 is 1.67 bits per heavy atom. The highest BCUT2D eigenvalue weighted by Crippen LogP contribution is 2.30. The summed E-state index contributed by atoms with van der Waals surface area (Å²) < 4.78 is 62.7. The number of hydrogen-bond donors (Lipinski definition) is 0. The van der Waals surface area contributed by atoms with Gasteiger partial charge in [-0.05, 0) is 31.0 Å². The molecule has 2 rings (SSSR count). The number of sulfone groups is 1. The summed E-state index contributed by atoms with van der Waals surface area (Å²) in [6, 6.07) is 3.29. The molecule has 1 aromatic heterocycles. The fourth-order valence-electron chi connectivity index (χ4n) is 2.48. The van der Waals surface area contributed by atoms with Crippen LogP contribution in [0, 0.1) is 13.8 Å². The van der Waals surface area contributed by atoms with Gasteiger partial charge in [-0.1, -0.05) is 6.07 Å². The van der Waals surface area contributed by atoms with E-state index in [2.05, 4.69) is 5.10 Å². The number of benzene rings is 1. The van der Waals surface area contributed by atoms with Crippen molar-refractivity contribution < 1.29 is 21.6 Å². The summed E-state index contributed by atoms with van der Waals surface area (Å²) in [7, 11) is -2.48. The van der Waals surface area contributed by atoms with Gasteiger partial charge in [0.15, 0.2) is 9.84 Å². The third-order valence-electron chi connectivity index (χ3n) is 3.57. The van der Waals surface area contributed by atoms with E-state index in [9.17, 15) is 26.4 Å². The number of halogens is 3. The molecule has 24 heavy (non-hydrogen) atoms. The van der Waals surface area contributed by atoms with E-state index in [-0.39, 0.29) is 16.2 Å². The number of aromatic nitrogens is 2. The third kappa shape index (κ3) is 3.35. The molecule has 0 saturated carbocycles. The lowest BCUT2D eigenvalue weighted by molar-refractivity contribution is -0.144. The van der Waals surface area contributed by atoms with Crippen LogP contribution in [0.5, 0.6) is 0 Å². The van der Waals surface area contributed by atoms with Gasteiger partial charge in [0.25, 0.3) is 0 Å². The molecular formula is C15H15F3N2O3S. The van der Waals surface area contributed by atoms with E-state index in [4.69, 9.17) is 0 Å². The van der Waals surface area contributed by atoms with Gasteiger partial charge in [-0.3, -0.25) is 9.48 Å². The zero-order chi connectivity index (χ0) is 18.4. The van der Waals surface area contributed by atoms with Crippen molar-refractivity contribution in [3.8, 4) is 11.3 Å². The Bertz CT molecular complexity index is 977. The molecule has 0 spiro atoms. The fraction of sp³-hybridized carbons (Fsp3) is 0.333. The Balaban J connectivity index is 2.79. The van der Waals surface area contributed by atoms with Crippen molar-refractivity contribution in [3.63, 3.8) is 0 Å². The van der Waals surface area contributed by atoms with Gasteiger partial charge in [0, 0.05) is 24.9 Å². The number of nitrogens with zero attached hydrogens (tertiary/aromatic N) is 2. The van der Waals surface area contributed by atoms with Crippen LogP contribution in [0.3, 0.4) is 0 Å². The van der Waals surface area contributed by atoms with Gasteiger partial charge >= 0.3 is 6.18 Å². The lowest BCUT2D eigenvalue weighted by Gasteiger charge is -2.14. The van der Waals surface area contributed by atoms with Gasteiger partial charge in [0.2, 0.25) is 5.43 Å². The Hall–Kier alpha value is -2.16. The molecule has 5 nitrogen and oxygen atoms in total. The van der Waals surface area contributed by atoms with Crippen LogP contribution >= 0.6 is 0 Å². The highest BCUT2D eigenvalue weighted by atomic mass is 32.2. The van der Waals surface area contributed by atoms with E-state index in [0.29, 0.717) is 21.9 Å². The molecule has 0 aliphatic carbocycles. The second kappa shape index (κ2) is 5.73. The molecule has 0 N–H and O–H groups in total. The predicted molar refractivity (Wildman–Crippen MR) is 82.5 cm³/mol. The number of aryl methyl sites for hydroxylation is 3. The molecule has 0 amide bonds. The molecule has 0 aliphatic rings. The predicted octanol–water partition coefficient (Wildman–Crippen LogP) is 2.49. The molecule has 9 heteroatoms. The zero-order valence-electron chi connectivity index (χ0n) is 13.4. The molecule has 0 radical (unpaired) electrons. The maximum absolute atomic E-state index is 12.8. The second-order valence-electron chi connectivity index (χ2n) is 5.57. The molecule has 0 bridgehead atoms. The van der Waals surface area contributed by atoms with Crippen LogP contribution in [0.2, 0.25) is 0 Å². The van der Waals surface area contributed by atoms with Crippen LogP contribution in [0.1, 0.15) is 16.8 Å². The molecule has 1 heterocycles. The minimum absolute atomic E-state index is 0.00634. The zero-order valence-corrected chi connectivity index (χ0v) is 14.2. The van der Waals surface area contributed by atoms with Crippen molar-refractivity contribution >= 4 is 9.84 Å². The SMILES string of the molecule is Cc1cc(C)c(S(C)(=O)=O)cc1-c1nn(C)c(C(F)(F)F)cc1=O. The number of rotatable bonds is 2. The minimum atomic E-state index is -4.71. The summed E-state index contributed by atoms with van der Waals surface area (Å²) >= 11 is 0. The quantitative estimate of drug-likeness (QED) is 0.825. The topological polar surface area (TPSA) is 69.0 Å². The maximum atomic E-state index is 12.8. The second-order valence-corrected chi connectivity index (χ2v) is 7.55. The number of hydrogen-bond acceptors (Lipinski definition) is 4. The summed E-state index contributed by atoms with van der Waals surface area (Å²) in [6.07, 6.45) is -3.69. The molecule has 1 aromatic carbocycles. The highest BCUT2D eigenvalue weighted by Gasteiger charge is 2.34. The van der Waals surface area contributed by atoms with Crippen molar-refractivity contribution in [1.29, 1.82) is 0 Å².